The summed E-state index contributed by atoms with van der Waals surface area (Å²) in [6.45, 7) is 1.05. The van der Waals surface area contributed by atoms with Crippen molar-refractivity contribution >= 4 is 33.0 Å². The molecule has 1 aromatic carbocycles. The lowest BCUT2D eigenvalue weighted by Crippen LogP contribution is -2.31. The van der Waals surface area contributed by atoms with Crippen LogP contribution in [0, 0.1) is 11.3 Å². The number of benzene rings is 1. The molecular formula is C18H19N3O3S2. The zero-order valence-corrected chi connectivity index (χ0v) is 15.8. The van der Waals surface area contributed by atoms with Gasteiger partial charge >= 0.3 is 0 Å². The summed E-state index contributed by atoms with van der Waals surface area (Å²) in [4.78, 5) is 12.9. The number of carbonyl (C=O) groups is 1. The molecule has 0 unspecified atom stereocenters. The first-order chi connectivity index (χ1) is 12.5. The van der Waals surface area contributed by atoms with Gasteiger partial charge in [0.15, 0.2) is 0 Å². The van der Waals surface area contributed by atoms with Crippen molar-refractivity contribution in [2.45, 2.75) is 30.6 Å². The third kappa shape index (κ3) is 3.96. The van der Waals surface area contributed by atoms with Crippen molar-refractivity contribution < 1.29 is 13.2 Å². The summed E-state index contributed by atoms with van der Waals surface area (Å²) in [5.41, 5.74) is 0.764. The summed E-state index contributed by atoms with van der Waals surface area (Å²) in [6.07, 6.45) is 3.81. The van der Waals surface area contributed by atoms with Crippen molar-refractivity contribution in [2.24, 2.45) is 0 Å². The van der Waals surface area contributed by atoms with Crippen molar-refractivity contribution in [1.29, 1.82) is 5.26 Å². The van der Waals surface area contributed by atoms with Crippen LogP contribution < -0.4 is 5.32 Å². The average Bonchev–Trinajstić information content (AvgIpc) is 2.98. The first-order valence-corrected chi connectivity index (χ1v) is 10.7. The van der Waals surface area contributed by atoms with E-state index in [1.807, 2.05) is 6.07 Å². The minimum atomic E-state index is -3.57. The Morgan fingerprint density at radius 1 is 1.15 bits per heavy atom. The van der Waals surface area contributed by atoms with E-state index in [1.165, 1.54) is 15.8 Å². The molecule has 0 bridgehead atoms. The van der Waals surface area contributed by atoms with E-state index in [2.05, 4.69) is 5.32 Å². The van der Waals surface area contributed by atoms with Crippen molar-refractivity contribution in [2.75, 3.05) is 18.4 Å². The fourth-order valence-electron chi connectivity index (χ4n) is 2.88. The minimum absolute atomic E-state index is 0.156. The summed E-state index contributed by atoms with van der Waals surface area (Å²) >= 11 is 1.09. The van der Waals surface area contributed by atoms with Crippen LogP contribution >= 0.6 is 11.3 Å². The van der Waals surface area contributed by atoms with E-state index >= 15 is 0 Å². The Labute approximate surface area is 157 Å². The molecule has 1 aliphatic heterocycles. The predicted octanol–water partition coefficient (Wildman–Crippen LogP) is 3.44. The summed E-state index contributed by atoms with van der Waals surface area (Å²) in [6, 6.07) is 10.1. The SMILES string of the molecule is N#Cc1ccccc1NC(=O)c1cc(S(=O)(=O)N2CCCCCC2)cs1. The fraction of sp³-hybridized carbons (Fsp3) is 0.333. The fourth-order valence-corrected chi connectivity index (χ4v) is 5.55. The van der Waals surface area contributed by atoms with Gasteiger partial charge < -0.3 is 5.32 Å². The van der Waals surface area contributed by atoms with Gasteiger partial charge in [-0.05, 0) is 31.0 Å². The minimum Gasteiger partial charge on any atom is -0.320 e. The van der Waals surface area contributed by atoms with Crippen molar-refractivity contribution in [1.82, 2.24) is 4.31 Å². The Morgan fingerprint density at radius 2 is 1.85 bits per heavy atom. The number of carbonyl (C=O) groups excluding carboxylic acids is 1. The molecule has 1 aromatic heterocycles. The number of thiophene rings is 1. The van der Waals surface area contributed by atoms with Crippen LogP contribution in [-0.2, 0) is 10.0 Å². The van der Waals surface area contributed by atoms with Gasteiger partial charge in [-0.25, -0.2) is 8.42 Å². The van der Waals surface area contributed by atoms with Crippen LogP contribution in [0.3, 0.4) is 0 Å². The van der Waals surface area contributed by atoms with Gasteiger partial charge in [-0.1, -0.05) is 25.0 Å². The highest BCUT2D eigenvalue weighted by atomic mass is 32.2. The third-order valence-electron chi connectivity index (χ3n) is 4.30. The molecule has 1 aliphatic rings. The van der Waals surface area contributed by atoms with Crippen molar-refractivity contribution in [3.63, 3.8) is 0 Å². The molecule has 0 aliphatic carbocycles. The molecule has 2 aromatic rings. The number of amides is 1. The zero-order chi connectivity index (χ0) is 18.6. The maximum atomic E-state index is 12.8. The van der Waals surface area contributed by atoms with E-state index in [-0.39, 0.29) is 4.90 Å². The molecule has 6 nitrogen and oxygen atoms in total. The molecule has 1 N–H and O–H groups in total. The van der Waals surface area contributed by atoms with E-state index in [9.17, 15) is 13.2 Å². The number of hydrogen-bond acceptors (Lipinski definition) is 5. The summed E-state index contributed by atoms with van der Waals surface area (Å²) in [7, 11) is -3.57. The number of hydrogen-bond donors (Lipinski definition) is 1. The number of anilines is 1. The number of nitriles is 1. The van der Waals surface area contributed by atoms with Crippen LogP contribution in [0.2, 0.25) is 0 Å². The van der Waals surface area contributed by atoms with Gasteiger partial charge in [-0.3, -0.25) is 4.79 Å². The number of nitrogens with one attached hydrogen (secondary N) is 1. The topological polar surface area (TPSA) is 90.3 Å². The Bertz CT molecular complexity index is 937. The molecule has 0 saturated carbocycles. The largest absolute Gasteiger partial charge is 0.320 e. The molecule has 2 heterocycles. The van der Waals surface area contributed by atoms with Gasteiger partial charge in [0.2, 0.25) is 10.0 Å². The normalized spacial score (nSPS) is 15.8. The molecule has 0 atom stereocenters. The van der Waals surface area contributed by atoms with Crippen LogP contribution in [0.15, 0.2) is 40.6 Å². The second-order valence-corrected chi connectivity index (χ2v) is 8.93. The lowest BCUT2D eigenvalue weighted by atomic mass is 10.2. The number of sulfonamides is 1. The molecule has 1 fully saturated rings. The Hall–Kier alpha value is -2.21. The van der Waals surface area contributed by atoms with E-state index in [4.69, 9.17) is 5.26 Å². The van der Waals surface area contributed by atoms with Crippen molar-refractivity contribution in [3.8, 4) is 6.07 Å². The molecule has 3 rings (SSSR count). The van der Waals surface area contributed by atoms with Crippen LogP contribution in [0.25, 0.3) is 0 Å². The van der Waals surface area contributed by atoms with Crippen LogP contribution in [0.1, 0.15) is 40.9 Å². The molecule has 8 heteroatoms. The van der Waals surface area contributed by atoms with Gasteiger partial charge in [0.1, 0.15) is 6.07 Å². The van der Waals surface area contributed by atoms with Gasteiger partial charge in [0, 0.05) is 18.5 Å². The van der Waals surface area contributed by atoms with Gasteiger partial charge in [0.25, 0.3) is 5.91 Å². The van der Waals surface area contributed by atoms with Gasteiger partial charge in [-0.15, -0.1) is 11.3 Å². The maximum Gasteiger partial charge on any atom is 0.265 e. The number of nitrogens with zero attached hydrogens (tertiary/aromatic N) is 2. The maximum absolute atomic E-state index is 12.8. The van der Waals surface area contributed by atoms with E-state index in [0.29, 0.717) is 29.2 Å². The monoisotopic (exact) mass is 389 g/mol. The van der Waals surface area contributed by atoms with Crippen molar-refractivity contribution in [3.05, 3.63) is 46.2 Å². The second kappa shape index (κ2) is 7.99. The highest BCUT2D eigenvalue weighted by Gasteiger charge is 2.27. The summed E-state index contributed by atoms with van der Waals surface area (Å²) < 4.78 is 27.1. The number of para-hydroxylation sites is 1. The smallest absolute Gasteiger partial charge is 0.265 e. The molecule has 136 valence electrons. The van der Waals surface area contributed by atoms with E-state index < -0.39 is 15.9 Å². The zero-order valence-electron chi connectivity index (χ0n) is 14.1. The first-order valence-electron chi connectivity index (χ1n) is 8.41. The lowest BCUT2D eigenvalue weighted by Gasteiger charge is -2.18. The van der Waals surface area contributed by atoms with Crippen LogP contribution in [-0.4, -0.2) is 31.7 Å². The highest BCUT2D eigenvalue weighted by molar-refractivity contribution is 7.89. The second-order valence-electron chi connectivity index (χ2n) is 6.08. The number of rotatable bonds is 4. The predicted molar refractivity (Wildman–Crippen MR) is 101 cm³/mol. The van der Waals surface area contributed by atoms with Crippen LogP contribution in [0.4, 0.5) is 5.69 Å². The average molecular weight is 390 g/mol. The summed E-state index contributed by atoms with van der Waals surface area (Å²) in [5, 5.41) is 13.3. The molecule has 0 radical (unpaired) electrons. The highest BCUT2D eigenvalue weighted by Crippen LogP contribution is 2.26. The summed E-state index contributed by atoms with van der Waals surface area (Å²) in [5.74, 6) is -0.421. The van der Waals surface area contributed by atoms with E-state index in [0.717, 1.165) is 37.0 Å². The molecule has 1 amide bonds. The molecular weight excluding hydrogens is 370 g/mol. The van der Waals surface area contributed by atoms with Gasteiger partial charge in [-0.2, -0.15) is 9.57 Å². The Balaban J connectivity index is 1.78. The Kier molecular flexibility index (Phi) is 5.71. The third-order valence-corrected chi connectivity index (χ3v) is 7.25. The molecule has 26 heavy (non-hydrogen) atoms. The quantitative estimate of drug-likeness (QED) is 0.867. The van der Waals surface area contributed by atoms with Crippen LogP contribution in [0.5, 0.6) is 0 Å². The first kappa shape index (κ1) is 18.6. The lowest BCUT2D eigenvalue weighted by molar-refractivity contribution is 0.103. The molecule has 0 spiro atoms. The van der Waals surface area contributed by atoms with Gasteiger partial charge in [0.05, 0.1) is 21.0 Å². The molecule has 1 saturated heterocycles. The van der Waals surface area contributed by atoms with E-state index in [1.54, 1.807) is 24.3 Å². The standard InChI is InChI=1S/C18H19N3O3S2/c19-12-14-7-3-4-8-16(14)20-18(22)17-11-15(13-25-17)26(23,24)21-9-5-1-2-6-10-21/h3-4,7-8,11,13H,1-2,5-6,9-10H2,(H,20,22). The Morgan fingerprint density at radius 3 is 2.54 bits per heavy atom.